The van der Waals surface area contributed by atoms with Gasteiger partial charge in [0.2, 0.25) is 0 Å². The van der Waals surface area contributed by atoms with Crippen molar-refractivity contribution in [3.63, 3.8) is 0 Å². The van der Waals surface area contributed by atoms with Crippen LogP contribution in [0.5, 0.6) is 0 Å². The SMILES string of the molecule is CCCCOC(=O)N1C(C)CCC1C. The highest BCUT2D eigenvalue weighted by molar-refractivity contribution is 5.68. The van der Waals surface area contributed by atoms with Crippen LogP contribution >= 0.6 is 0 Å². The molecule has 2 atom stereocenters. The van der Waals surface area contributed by atoms with Crippen LogP contribution in [-0.4, -0.2) is 29.7 Å². The molecular weight excluding hydrogens is 178 g/mol. The Morgan fingerprint density at radius 2 is 1.93 bits per heavy atom. The second-order valence-corrected chi connectivity index (χ2v) is 4.15. The average molecular weight is 199 g/mol. The third kappa shape index (κ3) is 2.63. The average Bonchev–Trinajstić information content (AvgIpc) is 2.46. The van der Waals surface area contributed by atoms with E-state index in [1.807, 2.05) is 4.90 Å². The lowest BCUT2D eigenvalue weighted by atomic mass is 10.2. The summed E-state index contributed by atoms with van der Waals surface area (Å²) in [6.07, 6.45) is 4.10. The molecule has 0 radical (unpaired) electrons. The van der Waals surface area contributed by atoms with Gasteiger partial charge in [-0.3, -0.25) is 0 Å². The summed E-state index contributed by atoms with van der Waals surface area (Å²) < 4.78 is 5.19. The Kier molecular flexibility index (Phi) is 4.23. The Balaban J connectivity index is 2.35. The summed E-state index contributed by atoms with van der Waals surface area (Å²) in [6, 6.07) is 0.693. The number of unbranched alkanes of at least 4 members (excludes halogenated alkanes) is 1. The molecule has 1 heterocycles. The number of rotatable bonds is 3. The largest absolute Gasteiger partial charge is 0.449 e. The zero-order valence-corrected chi connectivity index (χ0v) is 9.45. The van der Waals surface area contributed by atoms with Gasteiger partial charge in [0, 0.05) is 12.1 Å². The van der Waals surface area contributed by atoms with Crippen LogP contribution in [0.2, 0.25) is 0 Å². The van der Waals surface area contributed by atoms with E-state index < -0.39 is 0 Å². The van der Waals surface area contributed by atoms with E-state index in [-0.39, 0.29) is 6.09 Å². The highest BCUT2D eigenvalue weighted by Crippen LogP contribution is 2.24. The maximum atomic E-state index is 11.6. The molecule has 0 aromatic carbocycles. The number of amides is 1. The fraction of sp³-hybridized carbons (Fsp3) is 0.909. The summed E-state index contributed by atoms with van der Waals surface area (Å²) in [7, 11) is 0. The van der Waals surface area contributed by atoms with Crippen molar-refractivity contribution in [2.75, 3.05) is 6.61 Å². The molecule has 0 spiro atoms. The Labute approximate surface area is 86.4 Å². The van der Waals surface area contributed by atoms with Gasteiger partial charge in [-0.1, -0.05) is 13.3 Å². The predicted molar refractivity (Wildman–Crippen MR) is 56.3 cm³/mol. The molecule has 2 unspecified atom stereocenters. The van der Waals surface area contributed by atoms with E-state index in [4.69, 9.17) is 4.74 Å². The van der Waals surface area contributed by atoms with Crippen LogP contribution in [0.1, 0.15) is 46.5 Å². The maximum absolute atomic E-state index is 11.6. The Hall–Kier alpha value is -0.730. The van der Waals surface area contributed by atoms with Crippen LogP contribution in [0.3, 0.4) is 0 Å². The topological polar surface area (TPSA) is 29.5 Å². The number of likely N-dealkylation sites (tertiary alicyclic amines) is 1. The zero-order valence-electron chi connectivity index (χ0n) is 9.45. The number of nitrogens with zero attached hydrogens (tertiary/aromatic N) is 1. The van der Waals surface area contributed by atoms with Crippen molar-refractivity contribution in [1.82, 2.24) is 4.90 Å². The molecule has 0 aromatic rings. The van der Waals surface area contributed by atoms with Crippen molar-refractivity contribution in [1.29, 1.82) is 0 Å². The zero-order chi connectivity index (χ0) is 10.6. The summed E-state index contributed by atoms with van der Waals surface area (Å²) in [5.41, 5.74) is 0. The van der Waals surface area contributed by atoms with E-state index in [0.29, 0.717) is 18.7 Å². The fourth-order valence-corrected chi connectivity index (χ4v) is 1.93. The number of hydrogen-bond donors (Lipinski definition) is 0. The third-order valence-electron chi connectivity index (χ3n) is 2.89. The van der Waals surface area contributed by atoms with Gasteiger partial charge in [-0.25, -0.2) is 4.79 Å². The lowest BCUT2D eigenvalue weighted by molar-refractivity contribution is 0.0880. The van der Waals surface area contributed by atoms with Crippen LogP contribution in [0.25, 0.3) is 0 Å². The third-order valence-corrected chi connectivity index (χ3v) is 2.89. The van der Waals surface area contributed by atoms with Crippen molar-refractivity contribution < 1.29 is 9.53 Å². The Morgan fingerprint density at radius 3 is 2.43 bits per heavy atom. The lowest BCUT2D eigenvalue weighted by Crippen LogP contribution is -2.39. The first-order valence-electron chi connectivity index (χ1n) is 5.62. The molecule has 3 heteroatoms. The lowest BCUT2D eigenvalue weighted by Gasteiger charge is -2.25. The molecule has 1 fully saturated rings. The predicted octanol–water partition coefficient (Wildman–Crippen LogP) is 2.80. The summed E-state index contributed by atoms with van der Waals surface area (Å²) in [6.45, 7) is 6.83. The van der Waals surface area contributed by atoms with Gasteiger partial charge >= 0.3 is 6.09 Å². The van der Waals surface area contributed by atoms with Crippen molar-refractivity contribution in [2.45, 2.75) is 58.5 Å². The van der Waals surface area contributed by atoms with Crippen LogP contribution in [0.15, 0.2) is 0 Å². The highest BCUT2D eigenvalue weighted by Gasteiger charge is 2.32. The van der Waals surface area contributed by atoms with E-state index in [0.717, 1.165) is 25.7 Å². The molecule has 1 amide bonds. The molecule has 0 bridgehead atoms. The first kappa shape index (κ1) is 11.3. The smallest absolute Gasteiger partial charge is 0.410 e. The van der Waals surface area contributed by atoms with Crippen molar-refractivity contribution >= 4 is 6.09 Å². The van der Waals surface area contributed by atoms with E-state index in [1.165, 1.54) is 0 Å². The second-order valence-electron chi connectivity index (χ2n) is 4.15. The minimum atomic E-state index is -0.129. The van der Waals surface area contributed by atoms with E-state index in [1.54, 1.807) is 0 Å². The molecule has 1 aliphatic heterocycles. The minimum Gasteiger partial charge on any atom is -0.449 e. The monoisotopic (exact) mass is 199 g/mol. The van der Waals surface area contributed by atoms with E-state index in [9.17, 15) is 4.79 Å². The molecule has 0 aromatic heterocycles. The second kappa shape index (κ2) is 5.23. The summed E-state index contributed by atoms with van der Waals surface area (Å²) in [4.78, 5) is 13.5. The molecular formula is C11H21NO2. The molecule has 0 saturated carbocycles. The number of carbonyl (C=O) groups excluding carboxylic acids is 1. The number of ether oxygens (including phenoxy) is 1. The van der Waals surface area contributed by atoms with Crippen molar-refractivity contribution in [3.05, 3.63) is 0 Å². The fourth-order valence-electron chi connectivity index (χ4n) is 1.93. The summed E-state index contributed by atoms with van der Waals surface area (Å²) >= 11 is 0. The van der Waals surface area contributed by atoms with Gasteiger partial charge in [0.1, 0.15) is 0 Å². The Bertz CT molecular complexity index is 184. The molecule has 82 valence electrons. The standard InChI is InChI=1S/C11H21NO2/c1-4-5-8-14-11(13)12-9(2)6-7-10(12)3/h9-10H,4-8H2,1-3H3. The van der Waals surface area contributed by atoms with Gasteiger partial charge < -0.3 is 9.64 Å². The van der Waals surface area contributed by atoms with E-state index >= 15 is 0 Å². The summed E-state index contributed by atoms with van der Waals surface area (Å²) in [5.74, 6) is 0. The molecule has 0 N–H and O–H groups in total. The highest BCUT2D eigenvalue weighted by atomic mass is 16.6. The van der Waals surface area contributed by atoms with Gasteiger partial charge in [-0.2, -0.15) is 0 Å². The van der Waals surface area contributed by atoms with Crippen molar-refractivity contribution in [3.8, 4) is 0 Å². The first-order valence-corrected chi connectivity index (χ1v) is 5.62. The molecule has 14 heavy (non-hydrogen) atoms. The van der Waals surface area contributed by atoms with Gasteiger partial charge in [0.15, 0.2) is 0 Å². The van der Waals surface area contributed by atoms with Crippen LogP contribution in [0, 0.1) is 0 Å². The molecule has 3 nitrogen and oxygen atoms in total. The van der Waals surface area contributed by atoms with Crippen LogP contribution < -0.4 is 0 Å². The summed E-state index contributed by atoms with van der Waals surface area (Å²) in [5, 5.41) is 0. The first-order chi connectivity index (χ1) is 6.66. The van der Waals surface area contributed by atoms with Crippen LogP contribution in [-0.2, 0) is 4.74 Å². The molecule has 1 aliphatic rings. The number of carbonyl (C=O) groups is 1. The molecule has 0 aliphatic carbocycles. The maximum Gasteiger partial charge on any atom is 0.410 e. The quantitative estimate of drug-likeness (QED) is 0.654. The molecule has 1 rings (SSSR count). The van der Waals surface area contributed by atoms with Gasteiger partial charge in [-0.15, -0.1) is 0 Å². The van der Waals surface area contributed by atoms with Gasteiger partial charge in [-0.05, 0) is 33.1 Å². The van der Waals surface area contributed by atoms with E-state index in [2.05, 4.69) is 20.8 Å². The number of hydrogen-bond acceptors (Lipinski definition) is 2. The Morgan fingerprint density at radius 1 is 1.36 bits per heavy atom. The van der Waals surface area contributed by atoms with Gasteiger partial charge in [0.05, 0.1) is 6.61 Å². The minimum absolute atomic E-state index is 0.129. The molecule has 1 saturated heterocycles. The normalized spacial score (nSPS) is 26.6. The van der Waals surface area contributed by atoms with Crippen LogP contribution in [0.4, 0.5) is 4.79 Å². The van der Waals surface area contributed by atoms with Gasteiger partial charge in [0.25, 0.3) is 0 Å². The van der Waals surface area contributed by atoms with Crippen molar-refractivity contribution in [2.24, 2.45) is 0 Å².